The van der Waals surface area contributed by atoms with Crippen LogP contribution in [0.4, 0.5) is 0 Å². The van der Waals surface area contributed by atoms with Gasteiger partial charge < -0.3 is 9.52 Å². The summed E-state index contributed by atoms with van der Waals surface area (Å²) < 4.78 is 31.2. The highest BCUT2D eigenvalue weighted by atomic mass is 32.2. The molecule has 1 atom stereocenters. The van der Waals surface area contributed by atoms with Gasteiger partial charge in [-0.1, -0.05) is 26.7 Å². The van der Waals surface area contributed by atoms with Crippen molar-refractivity contribution in [3.8, 4) is 0 Å². The summed E-state index contributed by atoms with van der Waals surface area (Å²) in [7, 11) is -3.80. The van der Waals surface area contributed by atoms with Gasteiger partial charge in [0.25, 0.3) is 10.0 Å². The number of carbonyl (C=O) groups is 1. The number of carboxylic acids is 1. The molecule has 0 spiro atoms. The number of hydrogen-bond acceptors (Lipinski definition) is 4. The molecule has 1 aromatic heterocycles. The molecule has 0 aliphatic rings. The lowest BCUT2D eigenvalue weighted by atomic mass is 10.0. The number of carboxylic acid groups (broad SMARTS) is 1. The fraction of sp³-hybridized carbons (Fsp3) is 0.615. The van der Waals surface area contributed by atoms with Crippen molar-refractivity contribution in [2.24, 2.45) is 5.92 Å². The molecule has 20 heavy (non-hydrogen) atoms. The second kappa shape index (κ2) is 6.90. The van der Waals surface area contributed by atoms with Crippen molar-refractivity contribution >= 4 is 16.0 Å². The Morgan fingerprint density at radius 1 is 1.30 bits per heavy atom. The lowest BCUT2D eigenvalue weighted by Crippen LogP contribution is -2.32. The maximum atomic E-state index is 12.0. The lowest BCUT2D eigenvalue weighted by Gasteiger charge is -2.13. The summed E-state index contributed by atoms with van der Waals surface area (Å²) in [5.74, 6) is -1.10. The van der Waals surface area contributed by atoms with E-state index in [1.807, 2.05) is 0 Å². The molecule has 0 aliphatic carbocycles. The van der Waals surface area contributed by atoms with Crippen LogP contribution in [0.3, 0.4) is 0 Å². The zero-order chi connectivity index (χ0) is 15.3. The molecule has 1 unspecified atom stereocenters. The van der Waals surface area contributed by atoms with Crippen molar-refractivity contribution in [2.45, 2.75) is 51.2 Å². The second-order valence-electron chi connectivity index (χ2n) is 5.27. The Balaban J connectivity index is 2.62. The van der Waals surface area contributed by atoms with Gasteiger partial charge in [-0.05, 0) is 31.4 Å². The summed E-state index contributed by atoms with van der Waals surface area (Å²) in [6.45, 7) is 6.01. The van der Waals surface area contributed by atoms with Crippen LogP contribution in [0.15, 0.2) is 21.6 Å². The fourth-order valence-electron chi connectivity index (χ4n) is 1.79. The quantitative estimate of drug-likeness (QED) is 0.769. The van der Waals surface area contributed by atoms with E-state index in [2.05, 4.69) is 18.6 Å². The normalized spacial score (nSPS) is 13.6. The van der Waals surface area contributed by atoms with Gasteiger partial charge in [-0.15, -0.1) is 0 Å². The lowest BCUT2D eigenvalue weighted by molar-refractivity contribution is 0.0656. The molecule has 0 saturated heterocycles. The van der Waals surface area contributed by atoms with Gasteiger partial charge in [0, 0.05) is 6.04 Å². The highest BCUT2D eigenvalue weighted by Gasteiger charge is 2.22. The van der Waals surface area contributed by atoms with Crippen LogP contribution in [0, 0.1) is 5.92 Å². The summed E-state index contributed by atoms with van der Waals surface area (Å²) in [6.07, 6.45) is 2.69. The second-order valence-corrected chi connectivity index (χ2v) is 6.92. The molecule has 0 bridgehead atoms. The predicted molar refractivity (Wildman–Crippen MR) is 74.1 cm³/mol. The van der Waals surface area contributed by atoms with Crippen molar-refractivity contribution in [3.05, 3.63) is 17.9 Å². The van der Waals surface area contributed by atoms with Crippen molar-refractivity contribution in [1.82, 2.24) is 4.72 Å². The Labute approximate surface area is 119 Å². The number of aromatic carboxylic acids is 1. The van der Waals surface area contributed by atoms with Gasteiger partial charge in [-0.2, -0.15) is 0 Å². The summed E-state index contributed by atoms with van der Waals surface area (Å²) in [4.78, 5) is 10.7. The van der Waals surface area contributed by atoms with Crippen molar-refractivity contribution < 1.29 is 22.7 Å². The molecule has 1 heterocycles. The van der Waals surface area contributed by atoms with Gasteiger partial charge in [0.2, 0.25) is 10.9 Å². The third-order valence-corrected chi connectivity index (χ3v) is 4.29. The van der Waals surface area contributed by atoms with Crippen LogP contribution in [0.5, 0.6) is 0 Å². The topological polar surface area (TPSA) is 96.6 Å². The molecular weight excluding hydrogens is 282 g/mol. The predicted octanol–water partition coefficient (Wildman–Crippen LogP) is 2.47. The Hall–Kier alpha value is -1.34. The first-order valence-corrected chi connectivity index (χ1v) is 8.06. The maximum Gasteiger partial charge on any atom is 0.371 e. The van der Waals surface area contributed by atoms with Gasteiger partial charge in [-0.3, -0.25) is 0 Å². The molecule has 0 amide bonds. The summed E-state index contributed by atoms with van der Waals surface area (Å²) in [5, 5.41) is 8.34. The van der Waals surface area contributed by atoms with E-state index in [9.17, 15) is 13.2 Å². The molecule has 6 nitrogen and oxygen atoms in total. The molecule has 0 aliphatic heterocycles. The van der Waals surface area contributed by atoms with E-state index in [-0.39, 0.29) is 11.1 Å². The van der Waals surface area contributed by atoms with Crippen molar-refractivity contribution in [1.29, 1.82) is 0 Å². The first kappa shape index (κ1) is 16.7. The minimum absolute atomic E-state index is 0.225. The van der Waals surface area contributed by atoms with Crippen LogP contribution in [0.1, 0.15) is 50.6 Å². The maximum absolute atomic E-state index is 12.0. The molecular formula is C13H21NO5S. The Bertz CT molecular complexity index is 547. The minimum atomic E-state index is -3.80. The van der Waals surface area contributed by atoms with E-state index in [1.54, 1.807) is 6.92 Å². The SMILES string of the molecule is CC(C)CCCC(C)NS(=O)(=O)c1ccc(C(=O)O)o1. The number of sulfonamides is 1. The largest absolute Gasteiger partial charge is 0.475 e. The van der Waals surface area contributed by atoms with Crippen LogP contribution in [-0.2, 0) is 10.0 Å². The zero-order valence-corrected chi connectivity index (χ0v) is 12.7. The fourth-order valence-corrected chi connectivity index (χ4v) is 3.00. The Kier molecular flexibility index (Phi) is 5.76. The molecule has 0 fully saturated rings. The average Bonchev–Trinajstić information content (AvgIpc) is 2.77. The van der Waals surface area contributed by atoms with Gasteiger partial charge in [0.15, 0.2) is 0 Å². The van der Waals surface area contributed by atoms with Crippen LogP contribution in [0.25, 0.3) is 0 Å². The van der Waals surface area contributed by atoms with E-state index in [0.717, 1.165) is 31.4 Å². The van der Waals surface area contributed by atoms with E-state index in [1.165, 1.54) is 0 Å². The number of hydrogen-bond donors (Lipinski definition) is 2. The number of rotatable bonds is 8. The third-order valence-electron chi connectivity index (χ3n) is 2.83. The standard InChI is InChI=1S/C13H21NO5S/c1-9(2)5-4-6-10(3)14-20(17,18)12-8-7-11(19-12)13(15)16/h7-10,14H,4-6H2,1-3H3,(H,15,16). The van der Waals surface area contributed by atoms with E-state index in [4.69, 9.17) is 9.52 Å². The highest BCUT2D eigenvalue weighted by Crippen LogP contribution is 2.15. The highest BCUT2D eigenvalue weighted by molar-refractivity contribution is 7.89. The monoisotopic (exact) mass is 303 g/mol. The van der Waals surface area contributed by atoms with Gasteiger partial charge in [-0.25, -0.2) is 17.9 Å². The smallest absolute Gasteiger partial charge is 0.371 e. The van der Waals surface area contributed by atoms with Crippen LogP contribution < -0.4 is 4.72 Å². The zero-order valence-electron chi connectivity index (χ0n) is 11.9. The van der Waals surface area contributed by atoms with Crippen molar-refractivity contribution in [2.75, 3.05) is 0 Å². The van der Waals surface area contributed by atoms with Crippen LogP contribution in [0.2, 0.25) is 0 Å². The molecule has 1 rings (SSSR count). The number of nitrogens with one attached hydrogen (secondary N) is 1. The molecule has 114 valence electrons. The van der Waals surface area contributed by atoms with Crippen LogP contribution >= 0.6 is 0 Å². The molecule has 0 saturated carbocycles. The van der Waals surface area contributed by atoms with Gasteiger partial charge in [0.05, 0.1) is 0 Å². The number of furan rings is 1. The van der Waals surface area contributed by atoms with E-state index in [0.29, 0.717) is 5.92 Å². The molecule has 0 aromatic carbocycles. The van der Waals surface area contributed by atoms with Crippen molar-refractivity contribution in [3.63, 3.8) is 0 Å². The molecule has 0 radical (unpaired) electrons. The van der Waals surface area contributed by atoms with E-state index >= 15 is 0 Å². The Morgan fingerprint density at radius 3 is 2.45 bits per heavy atom. The molecule has 7 heteroatoms. The third kappa shape index (κ3) is 4.97. The summed E-state index contributed by atoms with van der Waals surface area (Å²) in [6, 6.07) is 2.05. The first-order valence-electron chi connectivity index (χ1n) is 6.58. The molecule has 2 N–H and O–H groups in total. The van der Waals surface area contributed by atoms with Crippen LogP contribution in [-0.4, -0.2) is 25.5 Å². The average molecular weight is 303 g/mol. The van der Waals surface area contributed by atoms with Gasteiger partial charge in [0.1, 0.15) is 0 Å². The molecule has 1 aromatic rings. The summed E-state index contributed by atoms with van der Waals surface area (Å²) in [5.41, 5.74) is 0. The van der Waals surface area contributed by atoms with Gasteiger partial charge >= 0.3 is 5.97 Å². The minimum Gasteiger partial charge on any atom is -0.475 e. The first-order chi connectivity index (χ1) is 9.22. The summed E-state index contributed by atoms with van der Waals surface area (Å²) >= 11 is 0. The van der Waals surface area contributed by atoms with E-state index < -0.39 is 21.8 Å². The Morgan fingerprint density at radius 2 is 1.95 bits per heavy atom.